The molecule has 1 amide bonds. The molecular weight excluding hydrogens is 654 g/mol. The Kier molecular flexibility index (Phi) is 33.9. The van der Waals surface area contributed by atoms with Gasteiger partial charge in [-0.1, -0.05) is 77.0 Å². The minimum absolute atomic E-state index is 0.0146. The van der Waals surface area contributed by atoms with E-state index in [1.165, 1.54) is 64.7 Å². The second-order valence-corrected chi connectivity index (χ2v) is 14.0. The largest absolute Gasteiger partial charge is 0.481 e. The highest BCUT2D eigenvalue weighted by Gasteiger charge is 2.22. The fourth-order valence-corrected chi connectivity index (χ4v) is 5.79. The maximum Gasteiger partial charge on any atom is 0.306 e. The Morgan fingerprint density at radius 2 is 0.922 bits per heavy atom. The van der Waals surface area contributed by atoms with Crippen molar-refractivity contribution in [1.82, 2.24) is 5.32 Å². The minimum atomic E-state index is -1.10. The fraction of sp³-hybridized carbons (Fsp3) is 0.850. The summed E-state index contributed by atoms with van der Waals surface area (Å²) < 4.78 is 11.3. The number of hydrogen-bond acceptors (Lipinski definition) is 8. The monoisotopic (exact) mass is 726 g/mol. The molecular formula is C40H71NO10. The third-order valence-corrected chi connectivity index (χ3v) is 9.00. The molecule has 0 rings (SSSR count). The molecule has 0 aromatic carbocycles. The number of ether oxygens (including phenoxy) is 2. The van der Waals surface area contributed by atoms with E-state index in [4.69, 9.17) is 14.6 Å². The number of carbonyl (C=O) groups excluding carboxylic acids is 4. The Labute approximate surface area is 307 Å². The SMILES string of the molecule is CC(=O)CC[C@H](CC(=O)CCC(=O)NCCCOCCCCOCCCCC(=O)CCCCCCCCCCCCCCCCC(=O)O)C(=O)O. The zero-order valence-electron chi connectivity index (χ0n) is 31.9. The van der Waals surface area contributed by atoms with Gasteiger partial charge in [0.2, 0.25) is 5.91 Å². The first-order chi connectivity index (χ1) is 24.6. The normalized spacial score (nSPS) is 11.7. The van der Waals surface area contributed by atoms with Crippen LogP contribution in [0.4, 0.5) is 0 Å². The van der Waals surface area contributed by atoms with Crippen LogP contribution in [0.25, 0.3) is 0 Å². The lowest BCUT2D eigenvalue weighted by Gasteiger charge is -2.10. The van der Waals surface area contributed by atoms with Crippen molar-refractivity contribution in [1.29, 1.82) is 0 Å². The Bertz CT molecular complexity index is 938. The van der Waals surface area contributed by atoms with Crippen LogP contribution in [0.1, 0.15) is 180 Å². The van der Waals surface area contributed by atoms with Gasteiger partial charge in [0.1, 0.15) is 17.3 Å². The Morgan fingerprint density at radius 3 is 1.39 bits per heavy atom. The van der Waals surface area contributed by atoms with Gasteiger partial charge >= 0.3 is 11.9 Å². The van der Waals surface area contributed by atoms with Crippen LogP contribution in [0.15, 0.2) is 0 Å². The third kappa shape index (κ3) is 36.9. The smallest absolute Gasteiger partial charge is 0.306 e. The topological polar surface area (TPSA) is 173 Å². The third-order valence-electron chi connectivity index (χ3n) is 9.00. The molecule has 0 spiro atoms. The number of carboxylic acids is 2. The highest BCUT2D eigenvalue weighted by atomic mass is 16.5. The lowest BCUT2D eigenvalue weighted by Crippen LogP contribution is -2.26. The van der Waals surface area contributed by atoms with Crippen molar-refractivity contribution in [3.63, 3.8) is 0 Å². The fourth-order valence-electron chi connectivity index (χ4n) is 5.79. The molecule has 0 fully saturated rings. The number of rotatable bonds is 40. The molecule has 0 bridgehead atoms. The zero-order chi connectivity index (χ0) is 37.8. The van der Waals surface area contributed by atoms with Crippen LogP contribution in [0, 0.1) is 5.92 Å². The summed E-state index contributed by atoms with van der Waals surface area (Å²) in [4.78, 5) is 69.0. The van der Waals surface area contributed by atoms with Gasteiger partial charge in [0.15, 0.2) is 0 Å². The second kappa shape index (κ2) is 35.7. The molecule has 0 radical (unpaired) electrons. The first-order valence-electron chi connectivity index (χ1n) is 20.0. The summed E-state index contributed by atoms with van der Waals surface area (Å²) in [7, 11) is 0. The van der Waals surface area contributed by atoms with Crippen LogP contribution in [0.2, 0.25) is 0 Å². The van der Waals surface area contributed by atoms with Crippen LogP contribution in [-0.2, 0) is 38.2 Å². The molecule has 296 valence electrons. The van der Waals surface area contributed by atoms with Crippen molar-refractivity contribution in [3.05, 3.63) is 0 Å². The van der Waals surface area contributed by atoms with Gasteiger partial charge < -0.3 is 29.8 Å². The van der Waals surface area contributed by atoms with E-state index in [1.54, 1.807) is 0 Å². The van der Waals surface area contributed by atoms with Crippen molar-refractivity contribution < 1.29 is 48.5 Å². The second-order valence-electron chi connectivity index (χ2n) is 14.0. The summed E-state index contributed by atoms with van der Waals surface area (Å²) in [5, 5.41) is 20.6. The quantitative estimate of drug-likeness (QED) is 0.0523. The number of unbranched alkanes of at least 4 members (excludes halogenated alkanes) is 15. The van der Waals surface area contributed by atoms with E-state index < -0.39 is 17.9 Å². The molecule has 0 aromatic heterocycles. The first kappa shape index (κ1) is 48.3. The summed E-state index contributed by atoms with van der Waals surface area (Å²) in [6.07, 6.45) is 22.6. The number of carbonyl (C=O) groups is 6. The predicted molar refractivity (Wildman–Crippen MR) is 199 cm³/mol. The van der Waals surface area contributed by atoms with Crippen LogP contribution in [0.3, 0.4) is 0 Å². The van der Waals surface area contributed by atoms with Gasteiger partial charge in [0, 0.05) is 77.9 Å². The average Bonchev–Trinajstić information content (AvgIpc) is 3.08. The minimum Gasteiger partial charge on any atom is -0.481 e. The number of nitrogens with one attached hydrogen (secondary N) is 1. The Balaban J connectivity index is 3.40. The molecule has 0 aliphatic heterocycles. The Hall–Kier alpha value is -2.66. The molecule has 0 aliphatic rings. The van der Waals surface area contributed by atoms with Crippen LogP contribution in [-0.4, -0.2) is 78.4 Å². The summed E-state index contributed by atoms with van der Waals surface area (Å²) in [5.41, 5.74) is 0. The maximum absolute atomic E-state index is 12.1. The number of hydrogen-bond donors (Lipinski definition) is 3. The zero-order valence-corrected chi connectivity index (χ0v) is 31.9. The van der Waals surface area contributed by atoms with E-state index in [-0.39, 0.29) is 49.6 Å². The summed E-state index contributed by atoms with van der Waals surface area (Å²) in [6.45, 7) is 4.32. The Morgan fingerprint density at radius 1 is 0.490 bits per heavy atom. The molecule has 11 nitrogen and oxygen atoms in total. The van der Waals surface area contributed by atoms with Gasteiger partial charge in [-0.2, -0.15) is 0 Å². The number of Topliss-reactive ketones (excluding diaryl/α,β-unsaturated/α-hetero) is 3. The average molecular weight is 726 g/mol. The number of ketones is 3. The van der Waals surface area contributed by atoms with Gasteiger partial charge in [-0.05, 0) is 58.3 Å². The standard InChI is InChI=1S/C40H71NO10/c1-34(42)24-25-35(40(48)49)33-37(44)26-27-38(45)41-28-20-32-51-31-19-18-30-50-29-17-16-22-36(43)21-14-12-10-8-6-4-2-3-5-7-9-11-13-15-23-39(46)47/h35H,2-33H2,1H3,(H,41,45)(H,46,47)(H,48,49)/t35-/m1/s1. The summed E-state index contributed by atoms with van der Waals surface area (Å²) in [6, 6.07) is 0. The van der Waals surface area contributed by atoms with Gasteiger partial charge in [-0.25, -0.2) is 0 Å². The molecule has 3 N–H and O–H groups in total. The molecule has 11 heteroatoms. The highest BCUT2D eigenvalue weighted by molar-refractivity contribution is 5.87. The molecule has 0 aliphatic carbocycles. The van der Waals surface area contributed by atoms with Gasteiger partial charge in [-0.3, -0.25) is 24.0 Å². The highest BCUT2D eigenvalue weighted by Crippen LogP contribution is 2.16. The lowest BCUT2D eigenvalue weighted by atomic mass is 9.94. The van der Waals surface area contributed by atoms with Crippen molar-refractivity contribution >= 4 is 35.2 Å². The van der Waals surface area contributed by atoms with Gasteiger partial charge in [0.05, 0.1) is 5.92 Å². The van der Waals surface area contributed by atoms with Crippen LogP contribution in [0.5, 0.6) is 0 Å². The van der Waals surface area contributed by atoms with Gasteiger partial charge in [-0.15, -0.1) is 0 Å². The van der Waals surface area contributed by atoms with E-state index in [0.717, 1.165) is 57.8 Å². The van der Waals surface area contributed by atoms with E-state index in [1.807, 2.05) is 0 Å². The first-order valence-corrected chi connectivity index (χ1v) is 20.0. The molecule has 0 unspecified atom stereocenters. The summed E-state index contributed by atoms with van der Waals surface area (Å²) >= 11 is 0. The predicted octanol–water partition coefficient (Wildman–Crippen LogP) is 8.18. The van der Waals surface area contributed by atoms with Crippen LogP contribution >= 0.6 is 0 Å². The van der Waals surface area contributed by atoms with Crippen molar-refractivity contribution in [2.45, 2.75) is 180 Å². The number of carboxylic acid groups (broad SMARTS) is 2. The van der Waals surface area contributed by atoms with Crippen molar-refractivity contribution in [2.24, 2.45) is 5.92 Å². The van der Waals surface area contributed by atoms with Crippen molar-refractivity contribution in [3.8, 4) is 0 Å². The number of amides is 1. The van der Waals surface area contributed by atoms with Gasteiger partial charge in [0.25, 0.3) is 0 Å². The van der Waals surface area contributed by atoms with Crippen LogP contribution < -0.4 is 5.32 Å². The van der Waals surface area contributed by atoms with E-state index in [9.17, 15) is 33.9 Å². The van der Waals surface area contributed by atoms with E-state index in [0.29, 0.717) is 64.4 Å². The van der Waals surface area contributed by atoms with E-state index >= 15 is 0 Å². The molecule has 0 saturated carbocycles. The number of aliphatic carboxylic acids is 2. The molecule has 51 heavy (non-hydrogen) atoms. The summed E-state index contributed by atoms with van der Waals surface area (Å²) in [5.74, 6) is -2.96. The molecule has 1 atom stereocenters. The van der Waals surface area contributed by atoms with E-state index in [2.05, 4.69) is 5.32 Å². The molecule has 0 aromatic rings. The molecule has 0 heterocycles. The molecule has 0 saturated heterocycles. The van der Waals surface area contributed by atoms with Crippen molar-refractivity contribution in [2.75, 3.05) is 33.0 Å². The lowest BCUT2D eigenvalue weighted by molar-refractivity contribution is -0.144. The maximum atomic E-state index is 12.1.